The molecule has 0 amide bonds. The SMILES string of the molecule is c1ccc2c(c1)Cc1cc3[nH]c4cc5ccccc5cc4c3cc1-2. The minimum Gasteiger partial charge on any atom is -0.354 e. The van der Waals surface area contributed by atoms with E-state index in [-0.39, 0.29) is 0 Å². The Labute approximate surface area is 139 Å². The fourth-order valence-electron chi connectivity index (χ4n) is 4.22. The Balaban J connectivity index is 1.73. The van der Waals surface area contributed by atoms with Crippen LogP contribution in [0.1, 0.15) is 11.1 Å². The van der Waals surface area contributed by atoms with Crippen molar-refractivity contribution >= 4 is 32.6 Å². The van der Waals surface area contributed by atoms with Crippen molar-refractivity contribution in [1.29, 1.82) is 0 Å². The first-order valence-corrected chi connectivity index (χ1v) is 8.42. The average Bonchev–Trinajstić information content (AvgIpc) is 3.14. The molecule has 1 heteroatoms. The van der Waals surface area contributed by atoms with Crippen molar-refractivity contribution in [1.82, 2.24) is 4.98 Å². The van der Waals surface area contributed by atoms with Gasteiger partial charge in [-0.1, -0.05) is 48.5 Å². The predicted octanol–water partition coefficient (Wildman–Crippen LogP) is 6.05. The second-order valence-electron chi connectivity index (χ2n) is 6.76. The van der Waals surface area contributed by atoms with Gasteiger partial charge in [-0.3, -0.25) is 0 Å². The second kappa shape index (κ2) is 4.27. The Morgan fingerprint density at radius 2 is 1.29 bits per heavy atom. The average molecular weight is 305 g/mol. The van der Waals surface area contributed by atoms with Crippen LogP contribution in [0.4, 0.5) is 0 Å². The van der Waals surface area contributed by atoms with E-state index in [2.05, 4.69) is 77.8 Å². The lowest BCUT2D eigenvalue weighted by Crippen LogP contribution is -1.80. The van der Waals surface area contributed by atoms with Crippen LogP contribution in [0.15, 0.2) is 72.8 Å². The Bertz CT molecular complexity index is 1270. The summed E-state index contributed by atoms with van der Waals surface area (Å²) in [6.45, 7) is 0. The van der Waals surface area contributed by atoms with Crippen molar-refractivity contribution in [2.75, 3.05) is 0 Å². The van der Waals surface area contributed by atoms with E-state index in [9.17, 15) is 0 Å². The molecule has 0 saturated heterocycles. The molecule has 0 saturated carbocycles. The maximum atomic E-state index is 3.63. The molecule has 0 spiro atoms. The van der Waals surface area contributed by atoms with E-state index in [1.807, 2.05) is 0 Å². The summed E-state index contributed by atoms with van der Waals surface area (Å²) in [5, 5.41) is 5.23. The largest absolute Gasteiger partial charge is 0.354 e. The number of benzene rings is 4. The van der Waals surface area contributed by atoms with Crippen LogP contribution in [0.5, 0.6) is 0 Å². The van der Waals surface area contributed by atoms with Crippen molar-refractivity contribution in [2.45, 2.75) is 6.42 Å². The quantitative estimate of drug-likeness (QED) is 0.352. The molecule has 0 fully saturated rings. The molecular weight excluding hydrogens is 290 g/mol. The first-order chi connectivity index (χ1) is 11.9. The van der Waals surface area contributed by atoms with Gasteiger partial charge in [-0.05, 0) is 63.7 Å². The van der Waals surface area contributed by atoms with Crippen LogP contribution in [0.2, 0.25) is 0 Å². The van der Waals surface area contributed by atoms with Gasteiger partial charge in [-0.2, -0.15) is 0 Å². The van der Waals surface area contributed by atoms with Crippen LogP contribution >= 0.6 is 0 Å². The fraction of sp³-hybridized carbons (Fsp3) is 0.0435. The molecule has 1 aliphatic rings. The normalized spacial score (nSPS) is 12.8. The van der Waals surface area contributed by atoms with E-state index in [4.69, 9.17) is 0 Å². The van der Waals surface area contributed by atoms with E-state index in [1.165, 1.54) is 54.8 Å². The predicted molar refractivity (Wildman–Crippen MR) is 102 cm³/mol. The number of H-pyrrole nitrogens is 1. The minimum atomic E-state index is 1.04. The Kier molecular flexibility index (Phi) is 2.20. The molecule has 0 radical (unpaired) electrons. The Hall–Kier alpha value is -3.06. The third-order valence-electron chi connectivity index (χ3n) is 5.38. The summed E-state index contributed by atoms with van der Waals surface area (Å²) >= 11 is 0. The summed E-state index contributed by atoms with van der Waals surface area (Å²) in [6, 6.07) is 26.7. The van der Waals surface area contributed by atoms with Crippen LogP contribution in [0.3, 0.4) is 0 Å². The molecule has 112 valence electrons. The molecule has 4 aromatic carbocycles. The number of rotatable bonds is 0. The number of hydrogen-bond donors (Lipinski definition) is 1. The van der Waals surface area contributed by atoms with Crippen molar-refractivity contribution in [3.05, 3.63) is 83.9 Å². The van der Waals surface area contributed by atoms with Gasteiger partial charge in [0.25, 0.3) is 0 Å². The number of aromatic amines is 1. The highest BCUT2D eigenvalue weighted by molar-refractivity contribution is 6.13. The van der Waals surface area contributed by atoms with Gasteiger partial charge in [0, 0.05) is 21.8 Å². The van der Waals surface area contributed by atoms with Gasteiger partial charge in [-0.15, -0.1) is 0 Å². The summed E-state index contributed by atoms with van der Waals surface area (Å²) in [6.07, 6.45) is 1.04. The van der Waals surface area contributed by atoms with E-state index < -0.39 is 0 Å². The summed E-state index contributed by atoms with van der Waals surface area (Å²) in [4.78, 5) is 3.63. The molecule has 1 aliphatic carbocycles. The van der Waals surface area contributed by atoms with E-state index in [0.29, 0.717) is 0 Å². The van der Waals surface area contributed by atoms with Gasteiger partial charge in [0.05, 0.1) is 0 Å². The van der Waals surface area contributed by atoms with Gasteiger partial charge in [0.15, 0.2) is 0 Å². The van der Waals surface area contributed by atoms with Gasteiger partial charge in [-0.25, -0.2) is 0 Å². The molecule has 0 unspecified atom stereocenters. The highest BCUT2D eigenvalue weighted by Crippen LogP contribution is 2.40. The monoisotopic (exact) mass is 305 g/mol. The van der Waals surface area contributed by atoms with Crippen LogP contribution in [-0.4, -0.2) is 4.98 Å². The molecule has 0 atom stereocenters. The van der Waals surface area contributed by atoms with Gasteiger partial charge >= 0.3 is 0 Å². The number of fused-ring (bicyclic) bond motifs is 7. The van der Waals surface area contributed by atoms with Crippen LogP contribution in [0, 0.1) is 0 Å². The Morgan fingerprint density at radius 3 is 2.21 bits per heavy atom. The van der Waals surface area contributed by atoms with E-state index in [0.717, 1.165) is 6.42 Å². The maximum Gasteiger partial charge on any atom is 0.0471 e. The van der Waals surface area contributed by atoms with Crippen LogP contribution < -0.4 is 0 Å². The lowest BCUT2D eigenvalue weighted by molar-refractivity contribution is 1.27. The van der Waals surface area contributed by atoms with E-state index >= 15 is 0 Å². The van der Waals surface area contributed by atoms with Gasteiger partial charge in [0.1, 0.15) is 0 Å². The molecule has 1 nitrogen and oxygen atoms in total. The minimum absolute atomic E-state index is 1.04. The molecule has 24 heavy (non-hydrogen) atoms. The summed E-state index contributed by atoms with van der Waals surface area (Å²) in [7, 11) is 0. The van der Waals surface area contributed by atoms with Crippen molar-refractivity contribution in [2.24, 2.45) is 0 Å². The topological polar surface area (TPSA) is 15.8 Å². The summed E-state index contributed by atoms with van der Waals surface area (Å²) in [5.41, 5.74) is 8.12. The van der Waals surface area contributed by atoms with Gasteiger partial charge in [0.2, 0.25) is 0 Å². The molecule has 1 heterocycles. The van der Waals surface area contributed by atoms with E-state index in [1.54, 1.807) is 0 Å². The van der Waals surface area contributed by atoms with Crippen LogP contribution in [-0.2, 0) is 6.42 Å². The zero-order chi connectivity index (χ0) is 15.7. The number of hydrogen-bond acceptors (Lipinski definition) is 0. The molecular formula is C23H15N. The molecule has 0 bridgehead atoms. The lowest BCUT2D eigenvalue weighted by Gasteiger charge is -2.02. The summed E-state index contributed by atoms with van der Waals surface area (Å²) in [5.74, 6) is 0. The zero-order valence-corrected chi connectivity index (χ0v) is 13.1. The second-order valence-corrected chi connectivity index (χ2v) is 6.76. The number of nitrogens with one attached hydrogen (secondary N) is 1. The highest BCUT2D eigenvalue weighted by Gasteiger charge is 2.19. The smallest absolute Gasteiger partial charge is 0.0471 e. The number of aromatic nitrogens is 1. The highest BCUT2D eigenvalue weighted by atomic mass is 14.7. The summed E-state index contributed by atoms with van der Waals surface area (Å²) < 4.78 is 0. The first kappa shape index (κ1) is 12.4. The van der Waals surface area contributed by atoms with Crippen molar-refractivity contribution in [3.8, 4) is 11.1 Å². The zero-order valence-electron chi connectivity index (χ0n) is 13.1. The standard InChI is InChI=1S/C23H15N/c1-2-6-15-11-22-20(10-14(15)5-1)21-13-19-17(12-23(21)24-22)9-16-7-3-4-8-18(16)19/h1-8,10-13,24H,9H2. The molecule has 1 N–H and O–H groups in total. The lowest BCUT2D eigenvalue weighted by atomic mass is 10.0. The first-order valence-electron chi connectivity index (χ1n) is 8.42. The molecule has 5 aromatic rings. The van der Waals surface area contributed by atoms with Crippen molar-refractivity contribution in [3.63, 3.8) is 0 Å². The fourth-order valence-corrected chi connectivity index (χ4v) is 4.22. The van der Waals surface area contributed by atoms with Gasteiger partial charge < -0.3 is 4.98 Å². The molecule has 1 aromatic heterocycles. The maximum absolute atomic E-state index is 3.63. The third-order valence-corrected chi connectivity index (χ3v) is 5.38. The Morgan fingerprint density at radius 1 is 0.583 bits per heavy atom. The van der Waals surface area contributed by atoms with Crippen molar-refractivity contribution < 1.29 is 0 Å². The third kappa shape index (κ3) is 1.54. The molecule has 0 aliphatic heterocycles. The van der Waals surface area contributed by atoms with Crippen LogP contribution in [0.25, 0.3) is 43.7 Å². The molecule has 6 rings (SSSR count).